The first-order valence-corrected chi connectivity index (χ1v) is 7.90. The molecule has 4 rings (SSSR count). The second-order valence-electron chi connectivity index (χ2n) is 5.74. The van der Waals surface area contributed by atoms with Gasteiger partial charge in [-0.05, 0) is 26.2 Å². The number of likely N-dealkylation sites (N-methyl/N-ethyl adjacent to an activating group) is 1. The molecule has 0 amide bonds. The summed E-state index contributed by atoms with van der Waals surface area (Å²) in [5.41, 5.74) is 1.55. The van der Waals surface area contributed by atoms with E-state index in [2.05, 4.69) is 14.9 Å². The Morgan fingerprint density at radius 3 is 2.28 bits per heavy atom. The fourth-order valence-corrected chi connectivity index (χ4v) is 2.21. The highest BCUT2D eigenvalue weighted by Crippen LogP contribution is 2.12. The van der Waals surface area contributed by atoms with Crippen LogP contribution in [0.15, 0.2) is 61.4 Å². The maximum atomic E-state index is 12.5. The minimum atomic E-state index is -0.251. The molecule has 0 N–H and O–H groups in total. The van der Waals surface area contributed by atoms with Gasteiger partial charge in [0, 0.05) is 55.9 Å². The van der Waals surface area contributed by atoms with Crippen LogP contribution in [0, 0.1) is 5.82 Å². The van der Waals surface area contributed by atoms with Gasteiger partial charge in [-0.15, -0.1) is 0 Å². The molecule has 0 radical (unpaired) electrons. The number of ether oxygens (including phenoxy) is 1. The molecule has 0 aliphatic heterocycles. The van der Waals surface area contributed by atoms with E-state index in [0.717, 1.165) is 17.9 Å². The van der Waals surface area contributed by atoms with Crippen molar-refractivity contribution in [1.82, 2.24) is 23.7 Å². The van der Waals surface area contributed by atoms with Crippen LogP contribution in [0.3, 0.4) is 0 Å². The van der Waals surface area contributed by atoms with Gasteiger partial charge in [0.15, 0.2) is 0 Å². The molecule has 0 atom stereocenters. The average Bonchev–Trinajstić information content (AvgIpc) is 3.22. The van der Waals surface area contributed by atoms with Crippen LogP contribution in [0.2, 0.25) is 0 Å². The number of nitrogens with zero attached hydrogens (tertiary/aromatic N) is 5. The molecule has 0 aromatic carbocycles. The maximum Gasteiger partial charge on any atom is 0.140 e. The van der Waals surface area contributed by atoms with Gasteiger partial charge in [-0.2, -0.15) is 0 Å². The topological polar surface area (TPSA) is 47.1 Å². The fourth-order valence-electron chi connectivity index (χ4n) is 2.21. The highest BCUT2D eigenvalue weighted by atomic mass is 19.1. The van der Waals surface area contributed by atoms with E-state index in [1.165, 1.54) is 12.1 Å². The molecule has 25 heavy (non-hydrogen) atoms. The number of hydrogen-bond acceptors (Lipinski definition) is 4. The number of hydrogen-bond donors (Lipinski definition) is 0. The zero-order valence-corrected chi connectivity index (χ0v) is 14.2. The summed E-state index contributed by atoms with van der Waals surface area (Å²) in [4.78, 5) is 10.2. The number of fused-ring (bicyclic) bond motifs is 2. The van der Waals surface area contributed by atoms with E-state index in [4.69, 9.17) is 4.74 Å². The van der Waals surface area contributed by atoms with E-state index in [9.17, 15) is 4.39 Å². The van der Waals surface area contributed by atoms with E-state index in [1.807, 2.05) is 43.0 Å². The van der Waals surface area contributed by atoms with Crippen molar-refractivity contribution in [3.63, 3.8) is 0 Å². The van der Waals surface area contributed by atoms with Gasteiger partial charge in [0.05, 0.1) is 0 Å². The lowest BCUT2D eigenvalue weighted by Crippen LogP contribution is -2.19. The molecule has 4 heterocycles. The Morgan fingerprint density at radius 1 is 0.960 bits per heavy atom. The van der Waals surface area contributed by atoms with Crippen LogP contribution in [-0.2, 0) is 0 Å². The molecule has 0 fully saturated rings. The lowest BCUT2D eigenvalue weighted by Gasteiger charge is -2.10. The summed E-state index contributed by atoms with van der Waals surface area (Å²) >= 11 is 0. The molecule has 0 saturated heterocycles. The van der Waals surface area contributed by atoms with Crippen LogP contribution in [0.25, 0.3) is 11.3 Å². The first kappa shape index (κ1) is 16.9. The van der Waals surface area contributed by atoms with Crippen LogP contribution >= 0.6 is 0 Å². The Labute approximate surface area is 145 Å². The Hall–Kier alpha value is -2.93. The molecule has 7 heteroatoms. The molecule has 0 unspecified atom stereocenters. The molecule has 6 nitrogen and oxygen atoms in total. The number of rotatable bonds is 4. The quantitative estimate of drug-likeness (QED) is 0.573. The average molecular weight is 341 g/mol. The van der Waals surface area contributed by atoms with Gasteiger partial charge < -0.3 is 18.4 Å². The van der Waals surface area contributed by atoms with Gasteiger partial charge >= 0.3 is 0 Å². The van der Waals surface area contributed by atoms with E-state index in [-0.39, 0.29) is 5.82 Å². The molecule has 130 valence electrons. The highest BCUT2D eigenvalue weighted by Gasteiger charge is 1.98. The zero-order valence-electron chi connectivity index (χ0n) is 14.2. The Kier molecular flexibility index (Phi) is 5.25. The van der Waals surface area contributed by atoms with Crippen molar-refractivity contribution in [2.45, 2.75) is 0 Å². The lowest BCUT2D eigenvalue weighted by molar-refractivity contribution is 0.261. The van der Waals surface area contributed by atoms with Crippen LogP contribution in [0.4, 0.5) is 4.39 Å². The number of aromatic nitrogens is 4. The van der Waals surface area contributed by atoms with Gasteiger partial charge in [0.2, 0.25) is 0 Å². The van der Waals surface area contributed by atoms with E-state index in [0.29, 0.717) is 12.3 Å². The van der Waals surface area contributed by atoms with Gasteiger partial charge in [-0.1, -0.05) is 0 Å². The second-order valence-corrected chi connectivity index (χ2v) is 5.74. The summed E-state index contributed by atoms with van der Waals surface area (Å²) < 4.78 is 21.8. The Bertz CT molecular complexity index is 947. The summed E-state index contributed by atoms with van der Waals surface area (Å²) in [5.74, 6) is 0.620. The normalized spacial score (nSPS) is 10.9. The lowest BCUT2D eigenvalue weighted by atomic mass is 10.4. The molecule has 4 aromatic rings. The van der Waals surface area contributed by atoms with E-state index in [1.54, 1.807) is 29.2 Å². The number of imidazole rings is 2. The molecule has 0 aliphatic carbocycles. The smallest absolute Gasteiger partial charge is 0.140 e. The predicted molar refractivity (Wildman–Crippen MR) is 94.4 cm³/mol. The summed E-state index contributed by atoms with van der Waals surface area (Å²) in [5, 5.41) is 0. The summed E-state index contributed by atoms with van der Waals surface area (Å²) in [7, 11) is 4.06. The largest absolute Gasteiger partial charge is 0.492 e. The number of pyridine rings is 2. The van der Waals surface area contributed by atoms with E-state index >= 15 is 0 Å². The van der Waals surface area contributed by atoms with E-state index < -0.39 is 0 Å². The monoisotopic (exact) mass is 341 g/mol. The Morgan fingerprint density at radius 2 is 1.60 bits per heavy atom. The minimum absolute atomic E-state index is 0.251. The zero-order chi connectivity index (χ0) is 17.6. The third-order valence-corrected chi connectivity index (χ3v) is 3.54. The van der Waals surface area contributed by atoms with Crippen molar-refractivity contribution in [3.8, 4) is 5.75 Å². The molecule has 0 aliphatic rings. The van der Waals surface area contributed by atoms with Crippen molar-refractivity contribution in [3.05, 3.63) is 67.3 Å². The standard InChI is InChI=1S/C11H15N3O.C7H5FN2/c1-13(2)7-8-15-10-3-5-14-6-4-12-11(14)9-10;8-6-1-3-10-4-2-9-7(10)5-6/h3-6,9H,7-8H2,1-2H3;1-5H. The van der Waals surface area contributed by atoms with Crippen LogP contribution in [0.5, 0.6) is 5.75 Å². The molecule has 0 spiro atoms. The van der Waals surface area contributed by atoms with Gasteiger partial charge in [-0.3, -0.25) is 0 Å². The van der Waals surface area contributed by atoms with Gasteiger partial charge in [-0.25, -0.2) is 14.4 Å². The molecule has 4 aromatic heterocycles. The van der Waals surface area contributed by atoms with Crippen LogP contribution < -0.4 is 4.74 Å². The second kappa shape index (κ2) is 7.76. The summed E-state index contributed by atoms with van der Waals surface area (Å²) in [6.45, 7) is 1.61. The molecule has 0 saturated carbocycles. The third-order valence-electron chi connectivity index (χ3n) is 3.54. The number of halogens is 1. The summed E-state index contributed by atoms with van der Waals surface area (Å²) in [6, 6.07) is 6.68. The van der Waals surface area contributed by atoms with Crippen LogP contribution in [0.1, 0.15) is 0 Å². The van der Waals surface area contributed by atoms with Crippen molar-refractivity contribution in [1.29, 1.82) is 0 Å². The predicted octanol–water partition coefficient (Wildman–Crippen LogP) is 2.75. The molecular formula is C18H20FN5O. The SMILES string of the molecule is CN(C)CCOc1ccn2ccnc2c1.Fc1ccn2ccnc2c1. The first-order valence-electron chi connectivity index (χ1n) is 7.90. The summed E-state index contributed by atoms with van der Waals surface area (Å²) in [6.07, 6.45) is 10.7. The maximum absolute atomic E-state index is 12.5. The van der Waals surface area contributed by atoms with Gasteiger partial charge in [0.1, 0.15) is 29.5 Å². The van der Waals surface area contributed by atoms with Crippen molar-refractivity contribution in [2.24, 2.45) is 0 Å². The first-order chi connectivity index (χ1) is 12.1. The fraction of sp³-hybridized carbons (Fsp3) is 0.222. The highest BCUT2D eigenvalue weighted by molar-refractivity contribution is 5.44. The Balaban J connectivity index is 0.000000157. The minimum Gasteiger partial charge on any atom is -0.492 e. The third kappa shape index (κ3) is 4.54. The van der Waals surface area contributed by atoms with Crippen molar-refractivity contribution >= 4 is 11.3 Å². The van der Waals surface area contributed by atoms with Crippen LogP contribution in [-0.4, -0.2) is 50.9 Å². The van der Waals surface area contributed by atoms with Crippen molar-refractivity contribution in [2.75, 3.05) is 27.2 Å². The molecular weight excluding hydrogens is 321 g/mol. The van der Waals surface area contributed by atoms with Gasteiger partial charge in [0.25, 0.3) is 0 Å². The molecule has 0 bridgehead atoms. The van der Waals surface area contributed by atoms with Crippen molar-refractivity contribution < 1.29 is 9.13 Å².